The van der Waals surface area contributed by atoms with Crippen LogP contribution in [0.5, 0.6) is 0 Å². The molecule has 0 spiro atoms. The van der Waals surface area contributed by atoms with Crippen molar-refractivity contribution in [3.63, 3.8) is 0 Å². The van der Waals surface area contributed by atoms with E-state index in [2.05, 4.69) is 14.9 Å². The van der Waals surface area contributed by atoms with Gasteiger partial charge in [0, 0.05) is 6.04 Å². The van der Waals surface area contributed by atoms with Crippen LogP contribution in [-0.2, 0) is 0 Å². The third-order valence-corrected chi connectivity index (χ3v) is 5.02. The minimum atomic E-state index is 0.262. The van der Waals surface area contributed by atoms with Gasteiger partial charge in [-0.05, 0) is 25.0 Å². The number of nitrogens with one attached hydrogen (secondary N) is 2. The predicted octanol–water partition coefficient (Wildman–Crippen LogP) is 3.85. The Morgan fingerprint density at radius 3 is 2.61 bits per heavy atom. The lowest BCUT2D eigenvalue weighted by Gasteiger charge is -2.28. The Hall–Kier alpha value is -2.30. The van der Waals surface area contributed by atoms with Gasteiger partial charge in [-0.2, -0.15) is 0 Å². The maximum atomic E-state index is 10.4. The number of para-hydroxylation sites is 2. The van der Waals surface area contributed by atoms with Gasteiger partial charge in [-0.1, -0.05) is 37.8 Å². The van der Waals surface area contributed by atoms with Crippen LogP contribution in [0.2, 0.25) is 0 Å². The van der Waals surface area contributed by atoms with Crippen LogP contribution in [0.4, 0.5) is 0 Å². The molecule has 0 bridgehead atoms. The summed E-state index contributed by atoms with van der Waals surface area (Å²) in [7, 11) is 0. The molecule has 2 aliphatic rings. The summed E-state index contributed by atoms with van der Waals surface area (Å²) in [6.07, 6.45) is 7.23. The molecule has 1 aromatic heterocycles. The number of benzene rings is 1. The molecule has 0 unspecified atom stereocenters. The second kappa shape index (κ2) is 5.72. The molecule has 0 atom stereocenters. The third kappa shape index (κ3) is 2.50. The second-order valence-electron chi connectivity index (χ2n) is 6.55. The number of aliphatic hydroxyl groups excluding tert-OH is 1. The van der Waals surface area contributed by atoms with Crippen molar-refractivity contribution >= 4 is 22.4 Å². The molecule has 5 nitrogen and oxygen atoms in total. The number of aromatic nitrogens is 2. The molecule has 3 N–H and O–H groups in total. The highest BCUT2D eigenvalue weighted by Crippen LogP contribution is 2.32. The molecule has 120 valence electrons. The first-order chi connectivity index (χ1) is 11.2. The lowest BCUT2D eigenvalue weighted by atomic mass is 10.1. The fraction of sp³-hybridized carbons (Fsp3) is 0.444. The van der Waals surface area contributed by atoms with Gasteiger partial charge in [-0.15, -0.1) is 0 Å². The lowest BCUT2D eigenvalue weighted by Crippen LogP contribution is -2.37. The van der Waals surface area contributed by atoms with E-state index in [0.717, 1.165) is 23.9 Å². The molecule has 5 heteroatoms. The standard InChI is InChI=1S/C18H22N4O/c19-17-16(18-20-13-9-5-6-10-14(13)21-18)15(23)11-22(17)12-7-3-1-2-4-8-12/h5-6,9-10,12,19,23H,1-4,7-8,11H2,(H,20,21). The van der Waals surface area contributed by atoms with Crippen LogP contribution in [0.25, 0.3) is 16.6 Å². The van der Waals surface area contributed by atoms with E-state index in [1.807, 2.05) is 24.3 Å². The Kier molecular flexibility index (Phi) is 3.56. The number of hydrogen-bond acceptors (Lipinski definition) is 3. The average molecular weight is 310 g/mol. The largest absolute Gasteiger partial charge is 0.510 e. The SMILES string of the molecule is N=C1C(c2nc3ccccc3[nH]2)=C(O)CN1C1CCCCCC1. The molecule has 2 heterocycles. The van der Waals surface area contributed by atoms with Crippen molar-refractivity contribution in [2.45, 2.75) is 44.6 Å². The van der Waals surface area contributed by atoms with Crippen molar-refractivity contribution in [2.75, 3.05) is 6.54 Å². The highest BCUT2D eigenvalue weighted by Gasteiger charge is 2.34. The van der Waals surface area contributed by atoms with E-state index in [9.17, 15) is 5.11 Å². The zero-order valence-corrected chi connectivity index (χ0v) is 13.2. The topological polar surface area (TPSA) is 76.0 Å². The number of imidazole rings is 1. The molecular weight excluding hydrogens is 288 g/mol. The molecule has 1 aliphatic heterocycles. The average Bonchev–Trinajstić information content (AvgIpc) is 2.96. The van der Waals surface area contributed by atoms with Crippen molar-refractivity contribution in [3.05, 3.63) is 35.8 Å². The summed E-state index contributed by atoms with van der Waals surface area (Å²) in [5.74, 6) is 1.27. The van der Waals surface area contributed by atoms with Gasteiger partial charge in [0.15, 0.2) is 0 Å². The van der Waals surface area contributed by atoms with Gasteiger partial charge in [0.2, 0.25) is 0 Å². The molecule has 1 aliphatic carbocycles. The molecule has 0 amide bonds. The molecule has 1 aromatic carbocycles. The molecule has 1 fully saturated rings. The lowest BCUT2D eigenvalue weighted by molar-refractivity contribution is 0.274. The molecular formula is C18H22N4O. The molecule has 4 rings (SSSR count). The van der Waals surface area contributed by atoms with Crippen LogP contribution in [-0.4, -0.2) is 38.4 Å². The Labute approximate surface area is 135 Å². The van der Waals surface area contributed by atoms with E-state index < -0.39 is 0 Å². The number of fused-ring (bicyclic) bond motifs is 1. The number of H-pyrrole nitrogens is 1. The van der Waals surface area contributed by atoms with Crippen LogP contribution < -0.4 is 0 Å². The van der Waals surface area contributed by atoms with E-state index >= 15 is 0 Å². The minimum absolute atomic E-state index is 0.262. The van der Waals surface area contributed by atoms with Gasteiger partial charge in [0.05, 0.1) is 23.2 Å². The highest BCUT2D eigenvalue weighted by atomic mass is 16.3. The summed E-state index contributed by atoms with van der Waals surface area (Å²) >= 11 is 0. The minimum Gasteiger partial charge on any atom is -0.510 e. The predicted molar refractivity (Wildman–Crippen MR) is 91.6 cm³/mol. The maximum Gasteiger partial charge on any atom is 0.145 e. The van der Waals surface area contributed by atoms with Crippen LogP contribution in [0.3, 0.4) is 0 Å². The Balaban J connectivity index is 1.63. The van der Waals surface area contributed by atoms with Crippen molar-refractivity contribution in [1.82, 2.24) is 14.9 Å². The highest BCUT2D eigenvalue weighted by molar-refractivity contribution is 6.23. The number of rotatable bonds is 2. The van der Waals surface area contributed by atoms with Crippen molar-refractivity contribution in [3.8, 4) is 0 Å². The van der Waals surface area contributed by atoms with E-state index in [4.69, 9.17) is 5.41 Å². The summed E-state index contributed by atoms with van der Waals surface area (Å²) in [5.41, 5.74) is 2.36. The summed E-state index contributed by atoms with van der Waals surface area (Å²) in [4.78, 5) is 9.85. The van der Waals surface area contributed by atoms with Gasteiger partial charge in [-0.25, -0.2) is 4.98 Å². The van der Waals surface area contributed by atoms with Crippen LogP contribution in [0.15, 0.2) is 30.0 Å². The number of aliphatic hydroxyl groups is 1. The van der Waals surface area contributed by atoms with Crippen LogP contribution in [0.1, 0.15) is 44.3 Å². The zero-order valence-electron chi connectivity index (χ0n) is 13.2. The van der Waals surface area contributed by atoms with Crippen molar-refractivity contribution in [1.29, 1.82) is 5.41 Å². The first-order valence-corrected chi connectivity index (χ1v) is 8.47. The van der Waals surface area contributed by atoms with Crippen LogP contribution >= 0.6 is 0 Å². The van der Waals surface area contributed by atoms with Gasteiger partial charge in [0.1, 0.15) is 17.4 Å². The maximum absolute atomic E-state index is 10.4. The molecule has 23 heavy (non-hydrogen) atoms. The quantitative estimate of drug-likeness (QED) is 0.737. The molecule has 0 radical (unpaired) electrons. The monoisotopic (exact) mass is 310 g/mol. The Morgan fingerprint density at radius 1 is 1.13 bits per heavy atom. The van der Waals surface area contributed by atoms with E-state index in [1.54, 1.807) is 0 Å². The fourth-order valence-corrected chi connectivity index (χ4v) is 3.80. The van der Waals surface area contributed by atoms with Crippen LogP contribution in [0, 0.1) is 5.41 Å². The second-order valence-corrected chi connectivity index (χ2v) is 6.55. The van der Waals surface area contributed by atoms with Crippen molar-refractivity contribution in [2.24, 2.45) is 0 Å². The smallest absolute Gasteiger partial charge is 0.145 e. The Morgan fingerprint density at radius 2 is 1.87 bits per heavy atom. The van der Waals surface area contributed by atoms with E-state index in [0.29, 0.717) is 29.8 Å². The summed E-state index contributed by atoms with van der Waals surface area (Å²) in [6.45, 7) is 0.440. The van der Waals surface area contributed by atoms with E-state index in [1.165, 1.54) is 25.7 Å². The molecule has 2 aromatic rings. The third-order valence-electron chi connectivity index (χ3n) is 5.02. The first-order valence-electron chi connectivity index (χ1n) is 8.47. The van der Waals surface area contributed by atoms with Crippen molar-refractivity contribution < 1.29 is 5.11 Å². The molecule has 1 saturated carbocycles. The first kappa shape index (κ1) is 14.3. The van der Waals surface area contributed by atoms with Gasteiger partial charge < -0.3 is 15.0 Å². The van der Waals surface area contributed by atoms with Gasteiger partial charge in [-0.3, -0.25) is 5.41 Å². The number of aromatic amines is 1. The molecule has 0 saturated heterocycles. The Bertz CT molecular complexity index is 735. The summed E-state index contributed by atoms with van der Waals surface area (Å²) in [5, 5.41) is 19.0. The van der Waals surface area contributed by atoms with Gasteiger partial charge in [0.25, 0.3) is 0 Å². The summed E-state index contributed by atoms with van der Waals surface area (Å²) in [6, 6.07) is 8.17. The summed E-state index contributed by atoms with van der Waals surface area (Å²) < 4.78 is 0. The van der Waals surface area contributed by atoms with E-state index in [-0.39, 0.29) is 5.76 Å². The fourth-order valence-electron chi connectivity index (χ4n) is 3.80. The zero-order chi connectivity index (χ0) is 15.8. The number of hydrogen-bond donors (Lipinski definition) is 3. The number of amidine groups is 1. The number of nitrogens with zero attached hydrogens (tertiary/aromatic N) is 2. The normalized spacial score (nSPS) is 20.5. The van der Waals surface area contributed by atoms with Gasteiger partial charge >= 0.3 is 0 Å².